The molecule has 28 heavy (non-hydrogen) atoms. The normalized spacial score (nSPS) is 14.3. The Kier molecular flexibility index (Phi) is 6.53. The number of carbonyl (C=O) groups is 2. The van der Waals surface area contributed by atoms with Crippen LogP contribution in [0.1, 0.15) is 45.5 Å². The maximum Gasteiger partial charge on any atom is 0.256 e. The molecule has 0 bridgehead atoms. The van der Waals surface area contributed by atoms with E-state index in [4.69, 9.17) is 11.0 Å². The molecule has 0 radical (unpaired) electrons. The molecule has 1 fully saturated rings. The molecule has 146 valence electrons. The van der Waals surface area contributed by atoms with Crippen molar-refractivity contribution in [2.24, 2.45) is 5.73 Å². The van der Waals surface area contributed by atoms with Crippen molar-refractivity contribution in [3.8, 4) is 6.07 Å². The van der Waals surface area contributed by atoms with Gasteiger partial charge in [0.2, 0.25) is 0 Å². The van der Waals surface area contributed by atoms with Crippen molar-refractivity contribution in [2.45, 2.75) is 19.3 Å². The monoisotopic (exact) mass is 417 g/mol. The maximum absolute atomic E-state index is 12.5. The van der Waals surface area contributed by atoms with Gasteiger partial charge in [0, 0.05) is 18.7 Å². The fourth-order valence-electron chi connectivity index (χ4n) is 2.72. The van der Waals surface area contributed by atoms with Crippen LogP contribution in [0, 0.1) is 11.3 Å². The number of thiophene rings is 1. The average Bonchev–Trinajstić information content (AvgIpc) is 3.13. The summed E-state index contributed by atoms with van der Waals surface area (Å²) in [4.78, 5) is 24.2. The first-order valence-electron chi connectivity index (χ1n) is 8.65. The number of rotatable bonds is 6. The molecular weight excluding hydrogens is 398 g/mol. The van der Waals surface area contributed by atoms with Gasteiger partial charge in [-0.1, -0.05) is 17.8 Å². The topological polar surface area (TPSA) is 123 Å². The van der Waals surface area contributed by atoms with Gasteiger partial charge in [-0.25, -0.2) is 4.31 Å². The molecule has 0 unspecified atom stereocenters. The number of nitrogens with two attached hydrogens (primary N) is 1. The van der Waals surface area contributed by atoms with Crippen molar-refractivity contribution in [1.29, 1.82) is 5.26 Å². The highest BCUT2D eigenvalue weighted by atomic mass is 32.2. The Morgan fingerprint density at radius 3 is 2.54 bits per heavy atom. The van der Waals surface area contributed by atoms with Gasteiger partial charge >= 0.3 is 0 Å². The predicted molar refractivity (Wildman–Crippen MR) is 109 cm³/mol. The summed E-state index contributed by atoms with van der Waals surface area (Å²) in [6.07, 6.45) is 3.33. The van der Waals surface area contributed by atoms with Gasteiger partial charge < -0.3 is 11.1 Å². The van der Waals surface area contributed by atoms with Gasteiger partial charge in [-0.05, 0) is 43.2 Å². The highest BCUT2D eigenvalue weighted by molar-refractivity contribution is 7.98. The summed E-state index contributed by atoms with van der Waals surface area (Å²) in [6.45, 7) is 1.75. The molecule has 4 N–H and O–H groups in total. The van der Waals surface area contributed by atoms with Crippen LogP contribution in [-0.4, -0.2) is 34.4 Å². The summed E-state index contributed by atoms with van der Waals surface area (Å²) < 4.78 is 3.03. The van der Waals surface area contributed by atoms with Gasteiger partial charge in [-0.2, -0.15) is 9.73 Å². The molecule has 10 heteroatoms. The molecule has 0 atom stereocenters. The zero-order chi connectivity index (χ0) is 20.1. The number of nitrogens with one attached hydrogen (secondary N) is 1. The Balaban J connectivity index is 1.75. The molecule has 2 amide bonds. The fraction of sp³-hybridized carbons (Fsp3) is 0.278. The van der Waals surface area contributed by atoms with Crippen LogP contribution in [0.4, 0.5) is 10.0 Å². The van der Waals surface area contributed by atoms with E-state index in [0.717, 1.165) is 53.9 Å². The summed E-state index contributed by atoms with van der Waals surface area (Å²) in [6, 6.07) is 9.56. The molecule has 0 aliphatic carbocycles. The summed E-state index contributed by atoms with van der Waals surface area (Å²) in [5.74, 6) is -1.14. The molecule has 8 nitrogen and oxygen atoms in total. The number of benzene rings is 1. The smallest absolute Gasteiger partial charge is 0.256 e. The minimum absolute atomic E-state index is 0.125. The molecule has 2 heterocycles. The van der Waals surface area contributed by atoms with Crippen molar-refractivity contribution in [3.63, 3.8) is 0 Å². The average molecular weight is 418 g/mol. The number of nitrogens with zero attached hydrogens (tertiary/aromatic N) is 3. The van der Waals surface area contributed by atoms with Crippen LogP contribution >= 0.6 is 23.5 Å². The molecule has 0 spiro atoms. The largest absolute Gasteiger partial charge is 0.366 e. The molecule has 1 aromatic carbocycles. The van der Waals surface area contributed by atoms with Crippen LogP contribution in [-0.2, 0) is 0 Å². The Bertz CT molecular complexity index is 901. The Hall–Kier alpha value is -2.58. The van der Waals surface area contributed by atoms with Crippen LogP contribution in [0.2, 0.25) is 0 Å². The zero-order valence-electron chi connectivity index (χ0n) is 14.9. The second kappa shape index (κ2) is 9.07. The molecule has 1 aliphatic rings. The number of amides is 2. The third-order valence-corrected chi connectivity index (χ3v) is 6.27. The van der Waals surface area contributed by atoms with E-state index in [9.17, 15) is 14.8 Å². The minimum Gasteiger partial charge on any atom is -0.366 e. The second-order valence-electron chi connectivity index (χ2n) is 6.18. The standard InChI is InChI=1S/C18H19N5O3S2/c19-11-12-4-6-13(7-5-12)17(25)21-18-14(16(20)24)10-15(27-18)23(26)28-22-8-2-1-3-9-22/h4-7,10,26H,1-3,8-9H2,(H2,20,24)(H,21,25). The van der Waals surface area contributed by atoms with E-state index in [-0.39, 0.29) is 10.6 Å². The van der Waals surface area contributed by atoms with E-state index in [0.29, 0.717) is 16.1 Å². The Labute approximate surface area is 170 Å². The van der Waals surface area contributed by atoms with E-state index >= 15 is 0 Å². The summed E-state index contributed by atoms with van der Waals surface area (Å²) >= 11 is 2.22. The first-order chi connectivity index (χ1) is 13.5. The first kappa shape index (κ1) is 20.2. The van der Waals surface area contributed by atoms with Crippen molar-refractivity contribution >= 4 is 45.3 Å². The second-order valence-corrected chi connectivity index (χ2v) is 8.24. The molecule has 2 aromatic rings. The zero-order valence-corrected chi connectivity index (χ0v) is 16.6. The van der Waals surface area contributed by atoms with Crippen LogP contribution in [0.5, 0.6) is 0 Å². The molecule has 1 aromatic heterocycles. The number of anilines is 2. The number of hydrogen-bond acceptors (Lipinski definition) is 8. The van der Waals surface area contributed by atoms with Crippen LogP contribution in [0.3, 0.4) is 0 Å². The van der Waals surface area contributed by atoms with Gasteiger partial charge in [0.15, 0.2) is 0 Å². The summed E-state index contributed by atoms with van der Waals surface area (Å²) in [5, 5.41) is 22.5. The Morgan fingerprint density at radius 1 is 1.25 bits per heavy atom. The lowest BCUT2D eigenvalue weighted by atomic mass is 10.1. The molecule has 1 saturated heterocycles. The van der Waals surface area contributed by atoms with Gasteiger partial charge in [0.1, 0.15) is 10.0 Å². The molecule has 0 saturated carbocycles. The predicted octanol–water partition coefficient (Wildman–Crippen LogP) is 3.22. The van der Waals surface area contributed by atoms with Crippen LogP contribution in [0.25, 0.3) is 0 Å². The number of nitriles is 1. The lowest BCUT2D eigenvalue weighted by Gasteiger charge is -2.27. The number of primary amides is 1. The Morgan fingerprint density at radius 2 is 1.93 bits per heavy atom. The first-order valence-corrected chi connectivity index (χ1v) is 10.2. The number of piperidine rings is 1. The third kappa shape index (κ3) is 4.82. The highest BCUT2D eigenvalue weighted by Crippen LogP contribution is 2.37. The van der Waals surface area contributed by atoms with Gasteiger partial charge in [0.25, 0.3) is 11.8 Å². The summed E-state index contributed by atoms with van der Waals surface area (Å²) in [7, 11) is 0. The van der Waals surface area contributed by atoms with Crippen molar-refractivity contribution in [2.75, 3.05) is 22.9 Å². The molecular formula is C18H19N5O3S2. The van der Waals surface area contributed by atoms with Gasteiger partial charge in [-0.15, -0.1) is 0 Å². The van der Waals surface area contributed by atoms with Crippen LogP contribution in [0.15, 0.2) is 30.3 Å². The van der Waals surface area contributed by atoms with Gasteiger partial charge in [-0.3, -0.25) is 14.8 Å². The van der Waals surface area contributed by atoms with E-state index in [1.54, 1.807) is 0 Å². The molecule has 3 rings (SSSR count). The fourth-order valence-corrected chi connectivity index (χ4v) is 4.58. The van der Waals surface area contributed by atoms with E-state index in [1.165, 1.54) is 36.8 Å². The van der Waals surface area contributed by atoms with Crippen molar-refractivity contribution < 1.29 is 14.8 Å². The number of hydrogen-bond donors (Lipinski definition) is 3. The maximum atomic E-state index is 12.5. The number of carbonyl (C=O) groups excluding carboxylic acids is 2. The van der Waals surface area contributed by atoms with Gasteiger partial charge in [0.05, 0.1) is 29.3 Å². The van der Waals surface area contributed by atoms with Crippen molar-refractivity contribution in [1.82, 2.24) is 4.31 Å². The van der Waals surface area contributed by atoms with E-state index in [2.05, 4.69) is 5.32 Å². The lowest BCUT2D eigenvalue weighted by Crippen LogP contribution is -2.27. The minimum atomic E-state index is -0.700. The van der Waals surface area contributed by atoms with Crippen LogP contribution < -0.4 is 15.5 Å². The lowest BCUT2D eigenvalue weighted by molar-refractivity contribution is 0.100. The van der Waals surface area contributed by atoms with Crippen molar-refractivity contribution in [3.05, 3.63) is 47.0 Å². The van der Waals surface area contributed by atoms with E-state index in [1.807, 2.05) is 10.4 Å². The van der Waals surface area contributed by atoms with E-state index < -0.39 is 11.8 Å². The highest BCUT2D eigenvalue weighted by Gasteiger charge is 2.22. The quantitative estimate of drug-likeness (QED) is 0.487. The SMILES string of the molecule is N#Cc1ccc(C(=O)Nc2sc(N(O)SN3CCCCC3)cc2C(N)=O)cc1. The molecule has 1 aliphatic heterocycles. The third-order valence-electron chi connectivity index (χ3n) is 4.18. The summed E-state index contributed by atoms with van der Waals surface area (Å²) in [5.41, 5.74) is 6.34.